The van der Waals surface area contributed by atoms with Crippen molar-refractivity contribution in [3.8, 4) is 5.75 Å². The van der Waals surface area contributed by atoms with E-state index in [1.807, 2.05) is 24.3 Å². The van der Waals surface area contributed by atoms with Crippen molar-refractivity contribution in [3.63, 3.8) is 0 Å². The Kier molecular flexibility index (Phi) is 3.49. The summed E-state index contributed by atoms with van der Waals surface area (Å²) in [6.07, 6.45) is 0.748. The third-order valence-electron chi connectivity index (χ3n) is 4.65. The van der Waals surface area contributed by atoms with Crippen LogP contribution in [0.2, 0.25) is 0 Å². The summed E-state index contributed by atoms with van der Waals surface area (Å²) in [5.74, 6) is 0.844. The molecular weight excluding hydrogens is 298 g/mol. The van der Waals surface area contributed by atoms with Gasteiger partial charge in [-0.05, 0) is 41.5 Å². The molecule has 120 valence electrons. The quantitative estimate of drug-likeness (QED) is 0.688. The molecule has 0 fully saturated rings. The predicted molar refractivity (Wildman–Crippen MR) is 96.5 cm³/mol. The van der Waals surface area contributed by atoms with Crippen LogP contribution in [0.4, 0.5) is 0 Å². The van der Waals surface area contributed by atoms with Gasteiger partial charge in [0.05, 0.1) is 12.8 Å². The van der Waals surface area contributed by atoms with Gasteiger partial charge in [0, 0.05) is 12.0 Å². The van der Waals surface area contributed by atoms with Crippen molar-refractivity contribution in [2.45, 2.75) is 18.9 Å². The van der Waals surface area contributed by atoms with Gasteiger partial charge in [0.1, 0.15) is 5.75 Å². The van der Waals surface area contributed by atoms with Crippen LogP contribution in [0.15, 0.2) is 71.9 Å². The molecule has 0 aromatic heterocycles. The lowest BCUT2D eigenvalue weighted by Crippen LogP contribution is -2.21. The molecule has 0 spiro atoms. The monoisotopic (exact) mass is 317 g/mol. The molecule has 0 saturated heterocycles. The SMILES string of the molecule is COc1ccc(C2(C)CC(c3ccc4ccccc4c3)=NO2)cc1. The smallest absolute Gasteiger partial charge is 0.165 e. The average molecular weight is 317 g/mol. The first-order valence-electron chi connectivity index (χ1n) is 8.07. The summed E-state index contributed by atoms with van der Waals surface area (Å²) in [4.78, 5) is 5.83. The lowest BCUT2D eigenvalue weighted by atomic mass is 9.88. The minimum atomic E-state index is -0.437. The molecule has 0 saturated carbocycles. The Labute approximate surface area is 141 Å². The summed E-state index contributed by atoms with van der Waals surface area (Å²) in [5, 5.41) is 6.82. The van der Waals surface area contributed by atoms with E-state index in [1.54, 1.807) is 7.11 Å². The summed E-state index contributed by atoms with van der Waals surface area (Å²) in [7, 11) is 1.67. The molecule has 0 aliphatic carbocycles. The summed E-state index contributed by atoms with van der Waals surface area (Å²) < 4.78 is 5.23. The van der Waals surface area contributed by atoms with Crippen molar-refractivity contribution in [2.75, 3.05) is 7.11 Å². The van der Waals surface area contributed by atoms with Gasteiger partial charge >= 0.3 is 0 Å². The van der Waals surface area contributed by atoms with E-state index in [4.69, 9.17) is 9.57 Å². The molecule has 1 aliphatic heterocycles. The molecule has 3 aromatic rings. The Morgan fingerprint density at radius 2 is 1.71 bits per heavy atom. The summed E-state index contributed by atoms with van der Waals surface area (Å²) in [6, 6.07) is 22.8. The van der Waals surface area contributed by atoms with Crippen molar-refractivity contribution < 1.29 is 9.57 Å². The molecule has 3 aromatic carbocycles. The van der Waals surface area contributed by atoms with Gasteiger partial charge in [0.25, 0.3) is 0 Å². The number of fused-ring (bicyclic) bond motifs is 1. The van der Waals surface area contributed by atoms with Gasteiger partial charge in [-0.15, -0.1) is 0 Å². The maximum absolute atomic E-state index is 5.83. The third-order valence-corrected chi connectivity index (χ3v) is 4.65. The Bertz CT molecular complexity index is 915. The molecular formula is C21H19NO2. The van der Waals surface area contributed by atoms with E-state index in [0.717, 1.165) is 29.0 Å². The second-order valence-electron chi connectivity index (χ2n) is 6.33. The fraction of sp³-hybridized carbons (Fsp3) is 0.190. The van der Waals surface area contributed by atoms with Crippen LogP contribution in [0.25, 0.3) is 10.8 Å². The topological polar surface area (TPSA) is 30.8 Å². The first kappa shape index (κ1) is 14.8. The standard InChI is InChI=1S/C21H19NO2/c1-21(18-9-11-19(23-2)12-10-18)14-20(22-24-21)17-8-7-15-5-3-4-6-16(15)13-17/h3-13H,14H2,1-2H3. The van der Waals surface area contributed by atoms with Crippen LogP contribution in [-0.4, -0.2) is 12.8 Å². The molecule has 0 radical (unpaired) electrons. The Hall–Kier alpha value is -2.81. The molecule has 1 unspecified atom stereocenters. The number of oxime groups is 1. The van der Waals surface area contributed by atoms with Crippen molar-refractivity contribution in [1.29, 1.82) is 0 Å². The first-order chi connectivity index (χ1) is 11.7. The number of nitrogens with zero attached hydrogens (tertiary/aromatic N) is 1. The van der Waals surface area contributed by atoms with Gasteiger partial charge in [-0.2, -0.15) is 0 Å². The maximum atomic E-state index is 5.83. The van der Waals surface area contributed by atoms with Crippen molar-refractivity contribution in [1.82, 2.24) is 0 Å². The lowest BCUT2D eigenvalue weighted by Gasteiger charge is -2.22. The van der Waals surface area contributed by atoms with E-state index in [9.17, 15) is 0 Å². The van der Waals surface area contributed by atoms with E-state index in [0.29, 0.717) is 0 Å². The van der Waals surface area contributed by atoms with Crippen LogP contribution in [0, 0.1) is 0 Å². The van der Waals surface area contributed by atoms with Crippen molar-refractivity contribution in [3.05, 3.63) is 77.9 Å². The number of hydrogen-bond donors (Lipinski definition) is 0. The highest BCUT2D eigenvalue weighted by atomic mass is 16.7. The summed E-state index contributed by atoms with van der Waals surface area (Å²) in [6.45, 7) is 2.08. The molecule has 0 amide bonds. The van der Waals surface area contributed by atoms with Gasteiger partial charge in [0.15, 0.2) is 5.60 Å². The van der Waals surface area contributed by atoms with E-state index in [2.05, 4.69) is 54.5 Å². The van der Waals surface area contributed by atoms with Gasteiger partial charge in [-0.1, -0.05) is 53.7 Å². The highest BCUT2D eigenvalue weighted by molar-refractivity contribution is 6.04. The zero-order chi connectivity index (χ0) is 16.6. The zero-order valence-corrected chi connectivity index (χ0v) is 13.8. The normalized spacial score (nSPS) is 19.8. The maximum Gasteiger partial charge on any atom is 0.165 e. The van der Waals surface area contributed by atoms with Crippen LogP contribution in [0.3, 0.4) is 0 Å². The highest BCUT2D eigenvalue weighted by Gasteiger charge is 2.36. The van der Waals surface area contributed by atoms with E-state index in [-0.39, 0.29) is 0 Å². The van der Waals surface area contributed by atoms with Crippen molar-refractivity contribution in [2.24, 2.45) is 5.16 Å². The van der Waals surface area contributed by atoms with Crippen LogP contribution in [-0.2, 0) is 10.4 Å². The lowest BCUT2D eigenvalue weighted by molar-refractivity contribution is -0.00741. The zero-order valence-electron chi connectivity index (χ0n) is 13.8. The van der Waals surface area contributed by atoms with Crippen LogP contribution in [0.1, 0.15) is 24.5 Å². The molecule has 24 heavy (non-hydrogen) atoms. The predicted octanol–water partition coefficient (Wildman–Crippen LogP) is 4.89. The number of ether oxygens (including phenoxy) is 1. The summed E-state index contributed by atoms with van der Waals surface area (Å²) in [5.41, 5.74) is 2.76. The van der Waals surface area contributed by atoms with Crippen LogP contribution in [0.5, 0.6) is 5.75 Å². The molecule has 1 atom stereocenters. The van der Waals surface area contributed by atoms with Gasteiger partial charge in [-0.25, -0.2) is 0 Å². The highest BCUT2D eigenvalue weighted by Crippen LogP contribution is 2.37. The minimum Gasteiger partial charge on any atom is -0.497 e. The first-order valence-corrected chi connectivity index (χ1v) is 8.07. The second-order valence-corrected chi connectivity index (χ2v) is 6.33. The molecule has 3 nitrogen and oxygen atoms in total. The van der Waals surface area contributed by atoms with E-state index in [1.165, 1.54) is 10.8 Å². The Balaban J connectivity index is 1.61. The largest absolute Gasteiger partial charge is 0.497 e. The third kappa shape index (κ3) is 2.52. The van der Waals surface area contributed by atoms with Gasteiger partial charge < -0.3 is 9.57 Å². The number of benzene rings is 3. The molecule has 0 N–H and O–H groups in total. The average Bonchev–Trinajstić information content (AvgIpc) is 3.05. The van der Waals surface area contributed by atoms with E-state index < -0.39 is 5.60 Å². The molecule has 1 aliphatic rings. The Morgan fingerprint density at radius 3 is 2.46 bits per heavy atom. The number of rotatable bonds is 3. The van der Waals surface area contributed by atoms with Crippen LogP contribution < -0.4 is 4.74 Å². The van der Waals surface area contributed by atoms with Crippen LogP contribution >= 0.6 is 0 Å². The minimum absolute atomic E-state index is 0.437. The fourth-order valence-electron chi connectivity index (χ4n) is 3.16. The number of methoxy groups -OCH3 is 1. The van der Waals surface area contributed by atoms with Crippen molar-refractivity contribution >= 4 is 16.5 Å². The van der Waals surface area contributed by atoms with Gasteiger partial charge in [-0.3, -0.25) is 0 Å². The number of hydrogen-bond acceptors (Lipinski definition) is 3. The molecule has 4 rings (SSSR count). The summed E-state index contributed by atoms with van der Waals surface area (Å²) >= 11 is 0. The molecule has 0 bridgehead atoms. The Morgan fingerprint density at radius 1 is 0.958 bits per heavy atom. The van der Waals surface area contributed by atoms with E-state index >= 15 is 0 Å². The molecule has 1 heterocycles. The molecule has 3 heteroatoms. The fourth-order valence-corrected chi connectivity index (χ4v) is 3.16. The second kappa shape index (κ2) is 5.68. The van der Waals surface area contributed by atoms with Gasteiger partial charge in [0.2, 0.25) is 0 Å².